The van der Waals surface area contributed by atoms with Gasteiger partial charge in [-0.1, -0.05) is 23.2 Å². The summed E-state index contributed by atoms with van der Waals surface area (Å²) in [6.07, 6.45) is 1.51. The first-order valence-corrected chi connectivity index (χ1v) is 4.93. The molecule has 0 aliphatic carbocycles. The van der Waals surface area contributed by atoms with Crippen LogP contribution in [0.25, 0.3) is 0 Å². The standard InChI is InChI=1S/C10H6Cl2N2O/c11-6-1-2-7(8(12)5-6)10(15)9-3-4-13-14-9/h1-5H,(H,13,14). The van der Waals surface area contributed by atoms with Crippen molar-refractivity contribution in [1.29, 1.82) is 0 Å². The van der Waals surface area contributed by atoms with Crippen LogP contribution in [0.2, 0.25) is 10.0 Å². The van der Waals surface area contributed by atoms with E-state index in [4.69, 9.17) is 23.2 Å². The Morgan fingerprint density at radius 3 is 2.67 bits per heavy atom. The minimum Gasteiger partial charge on any atom is -0.287 e. The lowest BCUT2D eigenvalue weighted by atomic mass is 10.1. The number of carbonyl (C=O) groups is 1. The van der Waals surface area contributed by atoms with E-state index in [9.17, 15) is 4.79 Å². The number of H-pyrrole nitrogens is 1. The third kappa shape index (κ3) is 2.03. The van der Waals surface area contributed by atoms with Gasteiger partial charge in [-0.15, -0.1) is 0 Å². The van der Waals surface area contributed by atoms with E-state index in [1.54, 1.807) is 18.2 Å². The molecule has 0 saturated carbocycles. The third-order valence-electron chi connectivity index (χ3n) is 1.92. The number of nitrogens with zero attached hydrogens (tertiary/aromatic N) is 1. The van der Waals surface area contributed by atoms with Gasteiger partial charge in [0.25, 0.3) is 0 Å². The summed E-state index contributed by atoms with van der Waals surface area (Å²) in [5.74, 6) is -0.200. The molecule has 0 bridgehead atoms. The molecule has 0 spiro atoms. The highest BCUT2D eigenvalue weighted by Crippen LogP contribution is 2.22. The summed E-state index contributed by atoms with van der Waals surface area (Å²) in [5.41, 5.74) is 0.810. The summed E-state index contributed by atoms with van der Waals surface area (Å²) in [6, 6.07) is 6.34. The first-order chi connectivity index (χ1) is 7.18. The lowest BCUT2D eigenvalue weighted by Gasteiger charge is -2.01. The van der Waals surface area contributed by atoms with Crippen LogP contribution >= 0.6 is 23.2 Å². The molecule has 0 radical (unpaired) electrons. The summed E-state index contributed by atoms with van der Waals surface area (Å²) in [4.78, 5) is 11.8. The van der Waals surface area contributed by atoms with Gasteiger partial charge in [-0.3, -0.25) is 9.89 Å². The number of nitrogens with one attached hydrogen (secondary N) is 1. The lowest BCUT2D eigenvalue weighted by molar-refractivity contribution is 0.103. The molecule has 1 heterocycles. The Morgan fingerprint density at radius 1 is 1.27 bits per heavy atom. The molecule has 0 aliphatic rings. The minimum absolute atomic E-state index is 0.200. The van der Waals surface area contributed by atoms with Crippen LogP contribution in [0.5, 0.6) is 0 Å². The number of hydrogen-bond donors (Lipinski definition) is 1. The second-order valence-electron chi connectivity index (χ2n) is 2.92. The average molecular weight is 241 g/mol. The number of ketones is 1. The van der Waals surface area contributed by atoms with Gasteiger partial charge in [0.1, 0.15) is 5.69 Å². The highest BCUT2D eigenvalue weighted by molar-refractivity contribution is 6.37. The van der Waals surface area contributed by atoms with Crippen molar-refractivity contribution in [3.05, 3.63) is 51.8 Å². The molecular weight excluding hydrogens is 235 g/mol. The zero-order valence-electron chi connectivity index (χ0n) is 7.50. The maximum absolute atomic E-state index is 11.8. The summed E-state index contributed by atoms with van der Waals surface area (Å²) in [5, 5.41) is 7.12. The van der Waals surface area contributed by atoms with E-state index in [2.05, 4.69) is 10.2 Å². The fourth-order valence-electron chi connectivity index (χ4n) is 1.20. The Balaban J connectivity index is 2.42. The van der Waals surface area contributed by atoms with Gasteiger partial charge in [0.05, 0.1) is 5.02 Å². The summed E-state index contributed by atoms with van der Waals surface area (Å²) < 4.78 is 0. The third-order valence-corrected chi connectivity index (χ3v) is 2.47. The molecule has 0 aliphatic heterocycles. The second kappa shape index (κ2) is 4.04. The first kappa shape index (κ1) is 10.2. The average Bonchev–Trinajstić information content (AvgIpc) is 2.69. The molecule has 0 amide bonds. The van der Waals surface area contributed by atoms with Crippen molar-refractivity contribution in [3.8, 4) is 0 Å². The number of carbonyl (C=O) groups excluding carboxylic acids is 1. The Hall–Kier alpha value is -1.32. The molecule has 3 nitrogen and oxygen atoms in total. The van der Waals surface area contributed by atoms with Gasteiger partial charge in [0.15, 0.2) is 0 Å². The van der Waals surface area contributed by atoms with Crippen LogP contribution < -0.4 is 0 Å². The van der Waals surface area contributed by atoms with E-state index in [1.807, 2.05) is 0 Å². The predicted octanol–water partition coefficient (Wildman–Crippen LogP) is 2.95. The Kier molecular flexibility index (Phi) is 2.75. The fraction of sp³-hybridized carbons (Fsp3) is 0. The van der Waals surface area contributed by atoms with Gasteiger partial charge in [-0.25, -0.2) is 0 Å². The highest BCUT2D eigenvalue weighted by Gasteiger charge is 2.13. The molecule has 0 atom stereocenters. The van der Waals surface area contributed by atoms with Gasteiger partial charge < -0.3 is 0 Å². The summed E-state index contributed by atoms with van der Waals surface area (Å²) >= 11 is 11.6. The molecule has 0 unspecified atom stereocenters. The van der Waals surface area contributed by atoms with Crippen LogP contribution in [-0.2, 0) is 0 Å². The van der Waals surface area contributed by atoms with Gasteiger partial charge in [-0.05, 0) is 24.3 Å². The smallest absolute Gasteiger partial charge is 0.212 e. The van der Waals surface area contributed by atoms with Crippen molar-refractivity contribution in [2.75, 3.05) is 0 Å². The molecule has 5 heteroatoms. The van der Waals surface area contributed by atoms with E-state index in [-0.39, 0.29) is 5.78 Å². The molecule has 76 valence electrons. The molecule has 1 aromatic carbocycles. The number of aromatic amines is 1. The van der Waals surface area contributed by atoms with E-state index in [0.29, 0.717) is 21.3 Å². The van der Waals surface area contributed by atoms with Crippen LogP contribution in [0, 0.1) is 0 Å². The van der Waals surface area contributed by atoms with E-state index in [0.717, 1.165) is 0 Å². The largest absolute Gasteiger partial charge is 0.287 e. The second-order valence-corrected chi connectivity index (χ2v) is 3.77. The summed E-state index contributed by atoms with van der Waals surface area (Å²) in [6.45, 7) is 0. The zero-order chi connectivity index (χ0) is 10.8. The Bertz CT molecular complexity index is 494. The number of aromatic nitrogens is 2. The van der Waals surface area contributed by atoms with E-state index < -0.39 is 0 Å². The highest BCUT2D eigenvalue weighted by atomic mass is 35.5. The SMILES string of the molecule is O=C(c1ccn[nH]1)c1ccc(Cl)cc1Cl. The maximum Gasteiger partial charge on any atom is 0.212 e. The molecule has 1 N–H and O–H groups in total. The number of halogens is 2. The van der Waals surface area contributed by atoms with Crippen LogP contribution in [0.1, 0.15) is 16.1 Å². The molecular formula is C10H6Cl2N2O. The van der Waals surface area contributed by atoms with Gasteiger partial charge in [0.2, 0.25) is 5.78 Å². The zero-order valence-corrected chi connectivity index (χ0v) is 9.01. The van der Waals surface area contributed by atoms with Crippen LogP contribution in [0.4, 0.5) is 0 Å². The van der Waals surface area contributed by atoms with Crippen LogP contribution in [0.3, 0.4) is 0 Å². The lowest BCUT2D eigenvalue weighted by Crippen LogP contribution is -2.02. The molecule has 15 heavy (non-hydrogen) atoms. The van der Waals surface area contributed by atoms with Crippen molar-refractivity contribution in [1.82, 2.24) is 10.2 Å². The van der Waals surface area contributed by atoms with E-state index >= 15 is 0 Å². The van der Waals surface area contributed by atoms with Crippen molar-refractivity contribution in [3.63, 3.8) is 0 Å². The topological polar surface area (TPSA) is 45.8 Å². The number of rotatable bonds is 2. The van der Waals surface area contributed by atoms with Crippen molar-refractivity contribution in [2.45, 2.75) is 0 Å². The van der Waals surface area contributed by atoms with E-state index in [1.165, 1.54) is 12.3 Å². The van der Waals surface area contributed by atoms with Gasteiger partial charge in [-0.2, -0.15) is 5.10 Å². The van der Waals surface area contributed by atoms with Crippen molar-refractivity contribution < 1.29 is 4.79 Å². The molecule has 1 aromatic heterocycles. The van der Waals surface area contributed by atoms with Crippen molar-refractivity contribution in [2.24, 2.45) is 0 Å². The van der Waals surface area contributed by atoms with Gasteiger partial charge >= 0.3 is 0 Å². The minimum atomic E-state index is -0.200. The van der Waals surface area contributed by atoms with Gasteiger partial charge in [0, 0.05) is 16.8 Å². The first-order valence-electron chi connectivity index (χ1n) is 4.17. The fourth-order valence-corrected chi connectivity index (χ4v) is 1.70. The Labute approximate surface area is 96.0 Å². The van der Waals surface area contributed by atoms with Crippen LogP contribution in [0.15, 0.2) is 30.5 Å². The van der Waals surface area contributed by atoms with Crippen molar-refractivity contribution >= 4 is 29.0 Å². The maximum atomic E-state index is 11.8. The number of benzene rings is 1. The normalized spacial score (nSPS) is 10.3. The summed E-state index contributed by atoms with van der Waals surface area (Å²) in [7, 11) is 0. The molecule has 2 aromatic rings. The molecule has 0 fully saturated rings. The monoisotopic (exact) mass is 240 g/mol. The number of hydrogen-bond acceptors (Lipinski definition) is 2. The molecule has 2 rings (SSSR count). The Morgan fingerprint density at radius 2 is 2.07 bits per heavy atom. The predicted molar refractivity (Wildman–Crippen MR) is 58.5 cm³/mol. The quantitative estimate of drug-likeness (QED) is 0.821. The van der Waals surface area contributed by atoms with Crippen LogP contribution in [-0.4, -0.2) is 16.0 Å². The molecule has 0 saturated heterocycles.